The number of hydrogen-bond acceptors (Lipinski definition) is 0. The molecule has 0 heterocycles. The van der Waals surface area contributed by atoms with Crippen molar-refractivity contribution in [3.05, 3.63) is 177 Å². The molecule has 0 fully saturated rings. The van der Waals surface area contributed by atoms with Crippen LogP contribution in [0.1, 0.15) is 29.2 Å². The quantitative estimate of drug-likeness (QED) is 0.0572. The Hall–Kier alpha value is -4.24. The third kappa shape index (κ3) is 10.7. The fourth-order valence-electron chi connectivity index (χ4n) is 5.27. The summed E-state index contributed by atoms with van der Waals surface area (Å²) in [7, 11) is -3.67. The second kappa shape index (κ2) is 17.3. The minimum Gasteiger partial charge on any atom is -0.288 e. The normalized spacial score (nSPS) is 14.2. The molecule has 0 saturated carbocycles. The average Bonchev–Trinajstić information content (AvgIpc) is 3.85. The van der Waals surface area contributed by atoms with Crippen molar-refractivity contribution in [1.29, 1.82) is 0 Å². The second-order valence-electron chi connectivity index (χ2n) is 11.3. The van der Waals surface area contributed by atoms with Gasteiger partial charge in [-0.05, 0) is 83.3 Å². The van der Waals surface area contributed by atoms with Crippen LogP contribution in [0.3, 0.4) is 0 Å². The number of allylic oxidation sites excluding steroid dienone is 5. The summed E-state index contributed by atoms with van der Waals surface area (Å²) in [5.74, 6) is 0. The zero-order valence-electron chi connectivity index (χ0n) is 27.6. The Balaban J connectivity index is 0.00000104. The monoisotopic (exact) mass is 846 g/mol. The van der Waals surface area contributed by atoms with Gasteiger partial charge >= 0.3 is 41.8 Å². The van der Waals surface area contributed by atoms with Gasteiger partial charge < -0.3 is 0 Å². The molecular formula is C40H20F12FeP2. The summed E-state index contributed by atoms with van der Waals surface area (Å²) in [4.78, 5) is 0. The summed E-state index contributed by atoms with van der Waals surface area (Å²) < 4.78 is 161. The predicted octanol–water partition coefficient (Wildman–Crippen LogP) is 10.9. The van der Waals surface area contributed by atoms with E-state index >= 15 is 0 Å². The van der Waals surface area contributed by atoms with Crippen molar-refractivity contribution in [3.8, 4) is 0 Å². The van der Waals surface area contributed by atoms with E-state index in [1.54, 1.807) is 6.92 Å². The fraction of sp³-hybridized carbons (Fsp3) is 0.150. The van der Waals surface area contributed by atoms with Gasteiger partial charge in [-0.3, -0.25) is 17.2 Å². The average molecular weight is 846 g/mol. The van der Waals surface area contributed by atoms with E-state index in [2.05, 4.69) is 47.2 Å². The van der Waals surface area contributed by atoms with E-state index in [1.165, 1.54) is 48.5 Å². The Morgan fingerprint density at radius 1 is 0.491 bits per heavy atom. The molecule has 0 aliphatic heterocycles. The number of benzene rings is 4. The first kappa shape index (κ1) is 43.5. The summed E-state index contributed by atoms with van der Waals surface area (Å²) in [6, 6.07) is 16.5. The van der Waals surface area contributed by atoms with Crippen molar-refractivity contribution in [3.63, 3.8) is 0 Å². The van der Waals surface area contributed by atoms with Crippen molar-refractivity contribution >= 4 is 37.1 Å². The molecule has 4 aromatic rings. The third-order valence-electron chi connectivity index (χ3n) is 7.83. The number of alkyl halides is 12. The number of hydrogen-bond donors (Lipinski definition) is 0. The van der Waals surface area contributed by atoms with Crippen molar-refractivity contribution in [2.24, 2.45) is 0 Å². The van der Waals surface area contributed by atoms with Gasteiger partial charge in [-0.15, -0.1) is 23.5 Å². The van der Waals surface area contributed by atoms with Gasteiger partial charge in [0.1, 0.15) is 0 Å². The van der Waals surface area contributed by atoms with Crippen LogP contribution in [0.25, 0.3) is 0 Å². The summed E-state index contributed by atoms with van der Waals surface area (Å²) in [5.41, 5.74) is 6.27. The van der Waals surface area contributed by atoms with Crippen molar-refractivity contribution in [2.75, 3.05) is 0 Å². The van der Waals surface area contributed by atoms with Gasteiger partial charge in [0.2, 0.25) is 0 Å². The van der Waals surface area contributed by atoms with Crippen molar-refractivity contribution in [2.45, 2.75) is 37.3 Å². The maximum atomic E-state index is 13.4. The Kier molecular flexibility index (Phi) is 13.7. The summed E-state index contributed by atoms with van der Waals surface area (Å²) in [5, 5.41) is 1.68. The molecule has 2 aliphatic carbocycles. The molecule has 0 spiro atoms. The maximum Gasteiger partial charge on any atom is 2.00 e. The van der Waals surface area contributed by atoms with Crippen LogP contribution in [0.2, 0.25) is 0 Å². The van der Waals surface area contributed by atoms with Crippen LogP contribution in [0.15, 0.2) is 131 Å². The molecule has 0 N–H and O–H groups in total. The minimum absolute atomic E-state index is 0. The van der Waals surface area contributed by atoms with Gasteiger partial charge in [0.25, 0.3) is 0 Å². The summed E-state index contributed by atoms with van der Waals surface area (Å²) in [6.45, 7) is 1.67. The third-order valence-corrected chi connectivity index (χ3v) is 13.0. The smallest absolute Gasteiger partial charge is 0.288 e. The number of halogens is 12. The van der Waals surface area contributed by atoms with Crippen LogP contribution in [0.4, 0.5) is 52.7 Å². The van der Waals surface area contributed by atoms with E-state index in [4.69, 9.17) is 0 Å². The zero-order chi connectivity index (χ0) is 39.5. The van der Waals surface area contributed by atoms with E-state index in [1.807, 2.05) is 0 Å². The van der Waals surface area contributed by atoms with Gasteiger partial charge in [0.15, 0.2) is 0 Å². The van der Waals surface area contributed by atoms with E-state index in [9.17, 15) is 52.7 Å². The largest absolute Gasteiger partial charge is 2.00 e. The van der Waals surface area contributed by atoms with Crippen LogP contribution in [-0.4, -0.2) is 5.66 Å². The molecule has 55 heavy (non-hydrogen) atoms. The molecular weight excluding hydrogens is 826 g/mol. The van der Waals surface area contributed by atoms with Crippen LogP contribution >= 0.6 is 15.8 Å². The molecule has 2 aliphatic rings. The summed E-state index contributed by atoms with van der Waals surface area (Å²) in [6.07, 6.45) is -8.01. The number of rotatable bonds is 7. The molecule has 0 nitrogen and oxygen atoms in total. The maximum absolute atomic E-state index is 13.4. The Bertz CT molecular complexity index is 2070. The van der Waals surface area contributed by atoms with Crippen molar-refractivity contribution < 1.29 is 69.8 Å². The summed E-state index contributed by atoms with van der Waals surface area (Å²) >= 11 is 0. The second-order valence-corrected chi connectivity index (χ2v) is 16.0. The van der Waals surface area contributed by atoms with Gasteiger partial charge in [-0.2, -0.15) is 64.3 Å². The van der Waals surface area contributed by atoms with Gasteiger partial charge in [-0.25, -0.2) is 5.73 Å². The first-order chi connectivity index (χ1) is 25.2. The molecule has 4 aromatic carbocycles. The zero-order valence-corrected chi connectivity index (χ0v) is 30.5. The van der Waals surface area contributed by atoms with Gasteiger partial charge in [0.05, 0.1) is 22.3 Å². The van der Waals surface area contributed by atoms with E-state index in [-0.39, 0.29) is 17.1 Å². The van der Waals surface area contributed by atoms with Crippen molar-refractivity contribution in [1.82, 2.24) is 0 Å². The molecule has 15 heteroatoms. The SMILES string of the molecule is C[C@@H](C1=[C][C-]=C=C1P(c1ccc(C(F)(F)F)cc1)c1ccc(C(F)(F)F)cc1)P(c1ccc(C(F)(F)F)cc1)c1ccc(C(F)(F)F)cc1.[C]1=C=C=C=[C-]1.[Fe+2]. The Morgan fingerprint density at radius 2 is 0.836 bits per heavy atom. The van der Waals surface area contributed by atoms with E-state index < -0.39 is 68.5 Å². The van der Waals surface area contributed by atoms with E-state index in [0.29, 0.717) is 32.1 Å². The molecule has 0 unspecified atom stereocenters. The van der Waals surface area contributed by atoms with Gasteiger partial charge in [-0.1, -0.05) is 63.4 Å². The predicted molar refractivity (Wildman–Crippen MR) is 182 cm³/mol. The van der Waals surface area contributed by atoms with Crippen LogP contribution in [0.5, 0.6) is 0 Å². The van der Waals surface area contributed by atoms with Crippen LogP contribution in [-0.2, 0) is 41.8 Å². The Labute approximate surface area is 320 Å². The molecule has 0 bridgehead atoms. The Morgan fingerprint density at radius 3 is 1.11 bits per heavy atom. The van der Waals surface area contributed by atoms with Gasteiger partial charge in [0, 0.05) is 0 Å². The van der Waals surface area contributed by atoms with Crippen LogP contribution < -0.4 is 21.2 Å². The molecule has 2 radical (unpaired) electrons. The molecule has 0 aromatic heterocycles. The minimum atomic E-state index is -4.66. The molecule has 0 saturated heterocycles. The first-order valence-electron chi connectivity index (χ1n) is 15.3. The molecule has 1 atom stereocenters. The molecule has 282 valence electrons. The molecule has 6 rings (SSSR count). The fourth-order valence-corrected chi connectivity index (χ4v) is 10.3. The first-order valence-corrected chi connectivity index (χ1v) is 18.0. The topological polar surface area (TPSA) is 0 Å². The van der Waals surface area contributed by atoms with Crippen LogP contribution in [0, 0.1) is 24.3 Å². The standard InChI is InChI=1S/C35H20F12P2.C5.Fe/c1-21(48(26-13-5-22(6-14-26)32(36,37)38)27-15-7-23(8-16-27)33(39,40)41)30-3-2-4-31(30)49(28-17-9-24(10-18-28)34(42,43)44)29-19-11-25(12-20-29)35(45,46)47;1-2-4-5-3-1;/h5-21H,1H3;;/q2*-1;+2/t21-;;/m0../s1. The van der Waals surface area contributed by atoms with E-state index in [0.717, 1.165) is 48.5 Å². The molecule has 0 amide bonds.